The number of amides is 2. The molecule has 1 aromatic carbocycles. The first-order valence-corrected chi connectivity index (χ1v) is 7.73. The fourth-order valence-corrected chi connectivity index (χ4v) is 3.08. The second-order valence-corrected chi connectivity index (χ2v) is 6.91. The Morgan fingerprint density at radius 3 is 2.65 bits per heavy atom. The van der Waals surface area contributed by atoms with Gasteiger partial charge in [-0.2, -0.15) is 0 Å². The van der Waals surface area contributed by atoms with Crippen LogP contribution < -0.4 is 5.73 Å². The second kappa shape index (κ2) is 6.09. The quantitative estimate of drug-likeness (QED) is 0.875. The van der Waals surface area contributed by atoms with Crippen LogP contribution in [-0.2, 0) is 15.0 Å². The van der Waals surface area contributed by atoms with E-state index in [9.17, 15) is 19.1 Å². The molecule has 0 aliphatic carbocycles. The van der Waals surface area contributed by atoms with Crippen molar-refractivity contribution in [1.29, 1.82) is 0 Å². The molecule has 2 rings (SSSR count). The summed E-state index contributed by atoms with van der Waals surface area (Å²) in [6, 6.07) is 4.15. The number of rotatable bonds is 3. The molecule has 3 N–H and O–H groups in total. The largest absolute Gasteiger partial charge is 0.378 e. The van der Waals surface area contributed by atoms with Crippen LogP contribution in [0.4, 0.5) is 4.39 Å². The summed E-state index contributed by atoms with van der Waals surface area (Å²) in [6.45, 7) is 3.39. The summed E-state index contributed by atoms with van der Waals surface area (Å²) < 4.78 is 14.2. The molecule has 1 saturated heterocycles. The number of halogens is 2. The van der Waals surface area contributed by atoms with E-state index in [1.807, 2.05) is 0 Å². The third kappa shape index (κ3) is 3.33. The summed E-state index contributed by atoms with van der Waals surface area (Å²) in [5, 5.41) is 10.5. The Kier molecular flexibility index (Phi) is 4.69. The first-order chi connectivity index (χ1) is 10.6. The number of carbonyl (C=O) groups is 2. The molecule has 0 bridgehead atoms. The molecule has 5 nitrogen and oxygen atoms in total. The summed E-state index contributed by atoms with van der Waals surface area (Å²) in [5.74, 6) is -1.80. The number of hydrogen-bond acceptors (Lipinski definition) is 3. The molecule has 0 aromatic heterocycles. The fourth-order valence-electron chi connectivity index (χ4n) is 2.92. The smallest absolute Gasteiger partial charge is 0.251 e. The molecule has 0 unspecified atom stereocenters. The highest BCUT2D eigenvalue weighted by molar-refractivity contribution is 6.30. The van der Waals surface area contributed by atoms with Gasteiger partial charge in [0, 0.05) is 17.1 Å². The van der Waals surface area contributed by atoms with Gasteiger partial charge in [-0.3, -0.25) is 9.59 Å². The van der Waals surface area contributed by atoms with Crippen LogP contribution in [0.15, 0.2) is 18.2 Å². The molecule has 23 heavy (non-hydrogen) atoms. The van der Waals surface area contributed by atoms with Crippen LogP contribution in [-0.4, -0.2) is 40.5 Å². The predicted molar refractivity (Wildman–Crippen MR) is 84.4 cm³/mol. The molecule has 2 amide bonds. The molecule has 1 aromatic rings. The minimum atomic E-state index is -1.73. The summed E-state index contributed by atoms with van der Waals surface area (Å²) >= 11 is 5.75. The van der Waals surface area contributed by atoms with E-state index in [1.54, 1.807) is 13.8 Å². The van der Waals surface area contributed by atoms with Gasteiger partial charge in [-0.15, -0.1) is 0 Å². The standard InChI is InChI=1S/C16H20ClFN2O3/c1-15(2,11-5-4-10(17)8-12(11)18)14(22)20-7-3-6-16(23,9-20)13(19)21/h4-5,8,23H,3,6-7,9H2,1-2H3,(H2,19,21)/t16-/m0/s1. The summed E-state index contributed by atoms with van der Waals surface area (Å²) in [7, 11) is 0. The topological polar surface area (TPSA) is 83.6 Å². The zero-order chi connectivity index (χ0) is 17.4. The molecule has 7 heteroatoms. The first kappa shape index (κ1) is 17.7. The van der Waals surface area contributed by atoms with Gasteiger partial charge >= 0.3 is 0 Å². The van der Waals surface area contributed by atoms with Crippen LogP contribution >= 0.6 is 11.6 Å². The Hall–Kier alpha value is -1.66. The number of hydrogen-bond donors (Lipinski definition) is 2. The minimum absolute atomic E-state index is 0.181. The zero-order valence-electron chi connectivity index (χ0n) is 13.1. The lowest BCUT2D eigenvalue weighted by atomic mass is 9.81. The Morgan fingerprint density at radius 1 is 1.43 bits per heavy atom. The van der Waals surface area contributed by atoms with Crippen molar-refractivity contribution in [2.24, 2.45) is 5.73 Å². The van der Waals surface area contributed by atoms with E-state index in [-0.39, 0.29) is 29.5 Å². The van der Waals surface area contributed by atoms with Gasteiger partial charge < -0.3 is 15.7 Å². The van der Waals surface area contributed by atoms with Crippen LogP contribution in [0.5, 0.6) is 0 Å². The monoisotopic (exact) mass is 342 g/mol. The maximum absolute atomic E-state index is 14.2. The van der Waals surface area contributed by atoms with E-state index in [0.29, 0.717) is 13.0 Å². The van der Waals surface area contributed by atoms with E-state index >= 15 is 0 Å². The highest BCUT2D eigenvalue weighted by atomic mass is 35.5. The van der Waals surface area contributed by atoms with E-state index < -0.39 is 22.7 Å². The summed E-state index contributed by atoms with van der Waals surface area (Å²) in [6.07, 6.45) is 0.659. The molecular weight excluding hydrogens is 323 g/mol. The Morgan fingerprint density at radius 2 is 2.09 bits per heavy atom. The minimum Gasteiger partial charge on any atom is -0.378 e. The molecular formula is C16H20ClFN2O3. The Bertz CT molecular complexity index is 650. The van der Waals surface area contributed by atoms with Crippen molar-refractivity contribution < 1.29 is 19.1 Å². The zero-order valence-corrected chi connectivity index (χ0v) is 13.9. The molecule has 0 spiro atoms. The molecule has 0 saturated carbocycles. The van der Waals surface area contributed by atoms with Crippen molar-refractivity contribution in [3.05, 3.63) is 34.6 Å². The van der Waals surface area contributed by atoms with Crippen LogP contribution in [0.25, 0.3) is 0 Å². The van der Waals surface area contributed by atoms with Crippen molar-refractivity contribution in [2.75, 3.05) is 13.1 Å². The van der Waals surface area contributed by atoms with Crippen molar-refractivity contribution in [3.8, 4) is 0 Å². The number of carbonyl (C=O) groups excluding carboxylic acids is 2. The molecule has 1 heterocycles. The van der Waals surface area contributed by atoms with Crippen molar-refractivity contribution in [2.45, 2.75) is 37.7 Å². The van der Waals surface area contributed by atoms with Gasteiger partial charge in [-0.1, -0.05) is 17.7 Å². The average Bonchev–Trinajstić information content (AvgIpc) is 2.45. The van der Waals surface area contributed by atoms with Gasteiger partial charge in [0.2, 0.25) is 5.91 Å². The van der Waals surface area contributed by atoms with Crippen LogP contribution in [0.2, 0.25) is 5.02 Å². The summed E-state index contributed by atoms with van der Waals surface area (Å²) in [4.78, 5) is 25.6. The third-order valence-corrected chi connectivity index (χ3v) is 4.59. The van der Waals surface area contributed by atoms with Gasteiger partial charge in [0.05, 0.1) is 12.0 Å². The van der Waals surface area contributed by atoms with Gasteiger partial charge in [-0.25, -0.2) is 4.39 Å². The van der Waals surface area contributed by atoms with Crippen molar-refractivity contribution >= 4 is 23.4 Å². The van der Waals surface area contributed by atoms with E-state index in [1.165, 1.54) is 17.0 Å². The molecule has 1 aliphatic rings. The number of aliphatic hydroxyl groups is 1. The van der Waals surface area contributed by atoms with E-state index in [4.69, 9.17) is 17.3 Å². The number of primary amides is 1. The van der Waals surface area contributed by atoms with Gasteiger partial charge in [0.25, 0.3) is 5.91 Å². The van der Waals surface area contributed by atoms with E-state index in [0.717, 1.165) is 6.07 Å². The van der Waals surface area contributed by atoms with Crippen molar-refractivity contribution in [3.63, 3.8) is 0 Å². The van der Waals surface area contributed by atoms with Crippen LogP contribution in [0, 0.1) is 5.82 Å². The lowest BCUT2D eigenvalue weighted by Crippen LogP contribution is -2.59. The highest BCUT2D eigenvalue weighted by Crippen LogP contribution is 2.32. The fraction of sp³-hybridized carbons (Fsp3) is 0.500. The number of nitrogens with zero attached hydrogens (tertiary/aromatic N) is 1. The van der Waals surface area contributed by atoms with Crippen LogP contribution in [0.3, 0.4) is 0 Å². The highest BCUT2D eigenvalue weighted by Gasteiger charge is 2.44. The number of benzene rings is 1. The molecule has 0 radical (unpaired) electrons. The number of β-amino-alcohol motifs (C(OH)–C–C–N with tert-alkyl or cyclic N) is 1. The first-order valence-electron chi connectivity index (χ1n) is 7.35. The maximum Gasteiger partial charge on any atom is 0.251 e. The lowest BCUT2D eigenvalue weighted by Gasteiger charge is -2.40. The second-order valence-electron chi connectivity index (χ2n) is 6.48. The number of nitrogens with two attached hydrogens (primary N) is 1. The van der Waals surface area contributed by atoms with E-state index in [2.05, 4.69) is 0 Å². The van der Waals surface area contributed by atoms with Crippen LogP contribution in [0.1, 0.15) is 32.3 Å². The lowest BCUT2D eigenvalue weighted by molar-refractivity contribution is -0.151. The molecule has 1 fully saturated rings. The SMILES string of the molecule is CC(C)(C(=O)N1CCC[C@@](O)(C(N)=O)C1)c1ccc(Cl)cc1F. The molecule has 1 aliphatic heterocycles. The maximum atomic E-state index is 14.2. The normalized spacial score (nSPS) is 22.0. The van der Waals surface area contributed by atoms with Gasteiger partial charge in [0.15, 0.2) is 5.60 Å². The third-order valence-electron chi connectivity index (χ3n) is 4.36. The molecule has 126 valence electrons. The Labute approximate surface area is 139 Å². The predicted octanol–water partition coefficient (Wildman–Crippen LogP) is 1.60. The average molecular weight is 343 g/mol. The van der Waals surface area contributed by atoms with Crippen molar-refractivity contribution in [1.82, 2.24) is 4.90 Å². The van der Waals surface area contributed by atoms with Gasteiger partial charge in [0.1, 0.15) is 5.82 Å². The molecule has 1 atom stereocenters. The van der Waals surface area contributed by atoms with Gasteiger partial charge in [-0.05, 0) is 38.8 Å². The number of piperidine rings is 1. The number of likely N-dealkylation sites (tertiary alicyclic amines) is 1. The Balaban J connectivity index is 2.29. The summed E-state index contributed by atoms with van der Waals surface area (Å²) in [5.41, 5.74) is 2.54.